The van der Waals surface area contributed by atoms with Crippen LogP contribution in [0.15, 0.2) is 4.99 Å². The lowest BCUT2D eigenvalue weighted by molar-refractivity contribution is -0.119. The molecule has 0 bridgehead atoms. The van der Waals surface area contributed by atoms with Gasteiger partial charge in [0.1, 0.15) is 0 Å². The van der Waals surface area contributed by atoms with Gasteiger partial charge in [0.05, 0.1) is 0 Å². The van der Waals surface area contributed by atoms with Crippen molar-refractivity contribution in [1.82, 2.24) is 10.6 Å². The number of urea groups is 1. The number of nitrogens with one attached hydrogen (secondary N) is 2. The number of barbiturate groups is 1. The number of imide groups is 2. The first kappa shape index (κ1) is 7.87. The molecule has 0 atom stereocenters. The van der Waals surface area contributed by atoms with E-state index in [4.69, 9.17) is 5.26 Å². The molecule has 2 N–H and O–H groups in total. The van der Waals surface area contributed by atoms with E-state index in [1.54, 1.807) is 10.6 Å². The Labute approximate surface area is 66.1 Å². The highest BCUT2D eigenvalue weighted by Crippen LogP contribution is 1.87. The maximum Gasteiger partial charge on any atom is 0.328 e. The van der Waals surface area contributed by atoms with Crippen LogP contribution in [0.1, 0.15) is 0 Å². The van der Waals surface area contributed by atoms with Crippen LogP contribution in [0.4, 0.5) is 4.79 Å². The Morgan fingerprint density at radius 3 is 2.08 bits per heavy atom. The monoisotopic (exact) mass is 166 g/mol. The van der Waals surface area contributed by atoms with Crippen molar-refractivity contribution in [2.24, 2.45) is 4.99 Å². The van der Waals surface area contributed by atoms with E-state index in [1.807, 2.05) is 0 Å². The van der Waals surface area contributed by atoms with Crippen LogP contribution in [-0.4, -0.2) is 23.6 Å². The molecular formula is C5H2N4O3. The summed E-state index contributed by atoms with van der Waals surface area (Å²) in [5, 5.41) is 11.5. The molecule has 12 heavy (non-hydrogen) atoms. The fourth-order valence-electron chi connectivity index (χ4n) is 0.611. The van der Waals surface area contributed by atoms with Crippen molar-refractivity contribution < 1.29 is 14.4 Å². The Morgan fingerprint density at radius 2 is 1.67 bits per heavy atom. The highest BCUT2D eigenvalue weighted by atomic mass is 16.2. The van der Waals surface area contributed by atoms with E-state index in [2.05, 4.69) is 4.99 Å². The Morgan fingerprint density at radius 1 is 1.17 bits per heavy atom. The molecule has 1 aliphatic heterocycles. The fraction of sp³-hybridized carbons (Fsp3) is 0. The summed E-state index contributed by atoms with van der Waals surface area (Å²) in [6, 6.07) is -0.915. The van der Waals surface area contributed by atoms with Crippen molar-refractivity contribution in [2.75, 3.05) is 0 Å². The van der Waals surface area contributed by atoms with Gasteiger partial charge in [-0.15, -0.1) is 0 Å². The smallest absolute Gasteiger partial charge is 0.272 e. The molecule has 4 amide bonds. The molecule has 0 saturated carbocycles. The topological polar surface area (TPSA) is 111 Å². The van der Waals surface area contributed by atoms with Gasteiger partial charge in [0.15, 0.2) is 0 Å². The Hall–Kier alpha value is -2.23. The number of hydrogen-bond donors (Lipinski definition) is 2. The number of hydrogen-bond acceptors (Lipinski definition) is 5. The Kier molecular flexibility index (Phi) is 1.83. The lowest BCUT2D eigenvalue weighted by Gasteiger charge is -2.10. The van der Waals surface area contributed by atoms with E-state index in [9.17, 15) is 14.4 Å². The SMILES string of the molecule is N#CN=C1C(=O)NC(=O)NC1=O. The summed E-state index contributed by atoms with van der Waals surface area (Å²) < 4.78 is 0. The quantitative estimate of drug-likeness (QED) is 0.416. The van der Waals surface area contributed by atoms with Gasteiger partial charge in [0.25, 0.3) is 11.8 Å². The summed E-state index contributed by atoms with van der Waals surface area (Å²) in [7, 11) is 0. The molecule has 1 rings (SSSR count). The van der Waals surface area contributed by atoms with Crippen LogP contribution in [0.25, 0.3) is 0 Å². The van der Waals surface area contributed by atoms with Gasteiger partial charge in [-0.25, -0.2) is 4.79 Å². The first-order chi connectivity index (χ1) is 5.65. The minimum Gasteiger partial charge on any atom is -0.272 e. The summed E-state index contributed by atoms with van der Waals surface area (Å²) in [4.78, 5) is 34.8. The summed E-state index contributed by atoms with van der Waals surface area (Å²) >= 11 is 0. The summed E-state index contributed by atoms with van der Waals surface area (Å²) in [6.45, 7) is 0. The van der Waals surface area contributed by atoms with E-state index >= 15 is 0 Å². The van der Waals surface area contributed by atoms with Crippen molar-refractivity contribution in [3.05, 3.63) is 0 Å². The molecule has 0 unspecified atom stereocenters. The van der Waals surface area contributed by atoms with Crippen molar-refractivity contribution in [2.45, 2.75) is 0 Å². The number of amides is 4. The minimum absolute atomic E-state index is 0.614. The maximum absolute atomic E-state index is 10.7. The van der Waals surface area contributed by atoms with Gasteiger partial charge in [-0.05, 0) is 0 Å². The second-order valence-electron chi connectivity index (χ2n) is 1.80. The maximum atomic E-state index is 10.7. The van der Waals surface area contributed by atoms with E-state index in [0.717, 1.165) is 0 Å². The predicted octanol–water partition coefficient (Wildman–Crippen LogP) is -1.73. The fourth-order valence-corrected chi connectivity index (χ4v) is 0.611. The molecule has 0 radical (unpaired) electrons. The standard InChI is InChI=1S/C5H2N4O3/c6-1-7-2-3(10)8-5(12)9-4(2)11/h(H2,8,9,10,11,12). The number of rotatable bonds is 0. The van der Waals surface area contributed by atoms with Crippen LogP contribution in [0.2, 0.25) is 0 Å². The second kappa shape index (κ2) is 2.79. The molecule has 0 aromatic heterocycles. The van der Waals surface area contributed by atoms with Crippen LogP contribution in [0.5, 0.6) is 0 Å². The molecule has 7 nitrogen and oxygen atoms in total. The van der Waals surface area contributed by atoms with E-state index < -0.39 is 23.6 Å². The Balaban J connectivity index is 2.98. The molecule has 0 aromatic carbocycles. The third-order valence-corrected chi connectivity index (χ3v) is 1.05. The van der Waals surface area contributed by atoms with Gasteiger partial charge in [-0.1, -0.05) is 0 Å². The predicted molar refractivity (Wildman–Crippen MR) is 34.7 cm³/mol. The lowest BCUT2D eigenvalue weighted by atomic mass is 10.3. The average molecular weight is 166 g/mol. The number of nitriles is 1. The molecule has 1 heterocycles. The van der Waals surface area contributed by atoms with Crippen LogP contribution < -0.4 is 10.6 Å². The third kappa shape index (κ3) is 1.27. The molecule has 0 aliphatic carbocycles. The van der Waals surface area contributed by atoms with Crippen molar-refractivity contribution in [1.29, 1.82) is 5.26 Å². The Bertz CT molecular complexity index is 315. The summed E-state index contributed by atoms with van der Waals surface area (Å²) in [5.41, 5.74) is -0.614. The van der Waals surface area contributed by atoms with Crippen LogP contribution in [0, 0.1) is 11.5 Å². The van der Waals surface area contributed by atoms with Gasteiger partial charge in [-0.3, -0.25) is 20.2 Å². The molecule has 1 saturated heterocycles. The van der Waals surface area contributed by atoms with Gasteiger partial charge in [0, 0.05) is 0 Å². The van der Waals surface area contributed by atoms with Crippen molar-refractivity contribution in [3.8, 4) is 6.19 Å². The summed E-state index contributed by atoms with van der Waals surface area (Å²) in [5.74, 6) is -1.93. The zero-order chi connectivity index (χ0) is 9.14. The summed E-state index contributed by atoms with van der Waals surface area (Å²) in [6.07, 6.45) is 1.27. The lowest BCUT2D eigenvalue weighted by Crippen LogP contribution is -2.56. The highest BCUT2D eigenvalue weighted by molar-refractivity contribution is 6.69. The third-order valence-electron chi connectivity index (χ3n) is 1.05. The van der Waals surface area contributed by atoms with Crippen molar-refractivity contribution >= 4 is 23.6 Å². The van der Waals surface area contributed by atoms with E-state index in [1.165, 1.54) is 6.19 Å². The first-order valence-electron chi connectivity index (χ1n) is 2.78. The van der Waals surface area contributed by atoms with Gasteiger partial charge < -0.3 is 0 Å². The van der Waals surface area contributed by atoms with Crippen LogP contribution in [0.3, 0.4) is 0 Å². The average Bonchev–Trinajstić information content (AvgIpc) is 1.96. The zero-order valence-electron chi connectivity index (χ0n) is 5.62. The van der Waals surface area contributed by atoms with Gasteiger partial charge in [0.2, 0.25) is 11.9 Å². The normalized spacial score (nSPS) is 16.2. The number of carbonyl (C=O) groups is 3. The number of nitrogens with zero attached hydrogens (tertiary/aromatic N) is 2. The number of carbonyl (C=O) groups excluding carboxylic acids is 3. The van der Waals surface area contributed by atoms with Gasteiger partial charge >= 0.3 is 6.03 Å². The molecule has 60 valence electrons. The zero-order valence-corrected chi connectivity index (χ0v) is 5.62. The molecule has 1 fully saturated rings. The van der Waals surface area contributed by atoms with E-state index in [0.29, 0.717) is 0 Å². The first-order valence-corrected chi connectivity index (χ1v) is 2.78. The molecular weight excluding hydrogens is 164 g/mol. The highest BCUT2D eigenvalue weighted by Gasteiger charge is 2.29. The minimum atomic E-state index is -0.967. The van der Waals surface area contributed by atoms with Crippen LogP contribution in [-0.2, 0) is 9.59 Å². The molecule has 0 spiro atoms. The molecule has 0 aromatic rings. The van der Waals surface area contributed by atoms with E-state index in [-0.39, 0.29) is 0 Å². The van der Waals surface area contributed by atoms with Crippen LogP contribution >= 0.6 is 0 Å². The molecule has 7 heteroatoms. The second-order valence-corrected chi connectivity index (χ2v) is 1.80. The largest absolute Gasteiger partial charge is 0.328 e. The van der Waals surface area contributed by atoms with Crippen molar-refractivity contribution in [3.63, 3.8) is 0 Å². The van der Waals surface area contributed by atoms with Gasteiger partial charge in [-0.2, -0.15) is 10.3 Å². The molecule has 1 aliphatic rings. The number of aliphatic imine (C=N–C) groups is 1.